The Morgan fingerprint density at radius 3 is 3.20 bits per heavy atom. The number of aryl methyl sites for hydroxylation is 1. The first-order chi connectivity index (χ1) is 9.84. The van der Waals surface area contributed by atoms with Crippen molar-refractivity contribution in [2.75, 3.05) is 0 Å². The van der Waals surface area contributed by atoms with Crippen molar-refractivity contribution in [2.45, 2.75) is 6.54 Å². The normalized spacial score (nSPS) is 13.1. The van der Waals surface area contributed by atoms with Crippen LogP contribution in [0, 0.1) is 0 Å². The lowest BCUT2D eigenvalue weighted by molar-refractivity contribution is -0.641. The Balaban J connectivity index is 1.97. The second-order valence-electron chi connectivity index (χ2n) is 5.11. The molecule has 0 saturated carbocycles. The predicted octanol–water partition coefficient (Wildman–Crippen LogP) is 2.50. The minimum absolute atomic E-state index is 0.920. The van der Waals surface area contributed by atoms with Crippen molar-refractivity contribution < 1.29 is 4.57 Å². The summed E-state index contributed by atoms with van der Waals surface area (Å²) in [5.41, 5.74) is 6.14. The van der Waals surface area contributed by atoms with Gasteiger partial charge in [0.05, 0.1) is 11.1 Å². The van der Waals surface area contributed by atoms with Gasteiger partial charge in [-0.3, -0.25) is 4.98 Å². The molecule has 0 aliphatic carbocycles. The third-order valence-electron chi connectivity index (χ3n) is 4.06. The quantitative estimate of drug-likeness (QED) is 0.408. The minimum atomic E-state index is 0.920. The highest BCUT2D eigenvalue weighted by Gasteiger charge is 2.35. The van der Waals surface area contributed by atoms with Crippen LogP contribution in [0.1, 0.15) is 5.56 Å². The van der Waals surface area contributed by atoms with Crippen LogP contribution >= 0.6 is 11.3 Å². The van der Waals surface area contributed by atoms with E-state index in [1.165, 1.54) is 32.0 Å². The number of fused-ring (bicyclic) bond motifs is 7. The van der Waals surface area contributed by atoms with Crippen LogP contribution in [0.2, 0.25) is 0 Å². The van der Waals surface area contributed by atoms with Crippen LogP contribution in [0.15, 0.2) is 36.8 Å². The van der Waals surface area contributed by atoms with Crippen LogP contribution in [0.25, 0.3) is 32.0 Å². The Morgan fingerprint density at radius 2 is 2.25 bits per heavy atom. The Labute approximate surface area is 119 Å². The summed E-state index contributed by atoms with van der Waals surface area (Å²) >= 11 is 1.83. The summed E-state index contributed by atoms with van der Waals surface area (Å²) < 4.78 is 4.62. The van der Waals surface area contributed by atoms with Gasteiger partial charge in [0, 0.05) is 31.2 Å². The van der Waals surface area contributed by atoms with Crippen LogP contribution in [-0.2, 0) is 13.6 Å². The highest BCUT2D eigenvalue weighted by Crippen LogP contribution is 2.38. The average Bonchev–Trinajstić information content (AvgIpc) is 3.09. The highest BCUT2D eigenvalue weighted by molar-refractivity contribution is 7.21. The summed E-state index contributed by atoms with van der Waals surface area (Å²) in [5.74, 6) is 0. The fraction of sp³-hybridized carbons (Fsp3) is 0.133. The fourth-order valence-corrected chi connectivity index (χ4v) is 4.38. The van der Waals surface area contributed by atoms with Crippen molar-refractivity contribution in [1.29, 1.82) is 0 Å². The molecule has 0 aromatic carbocycles. The molecule has 1 aliphatic rings. The van der Waals surface area contributed by atoms with Crippen molar-refractivity contribution in [2.24, 2.45) is 7.05 Å². The van der Waals surface area contributed by atoms with E-state index in [-0.39, 0.29) is 0 Å². The molecule has 4 nitrogen and oxygen atoms in total. The third-order valence-corrected chi connectivity index (χ3v) is 5.35. The molecular formula is C15H11N4S+. The molecule has 96 valence electrons. The molecule has 5 rings (SSSR count). The number of hydrogen-bond donors (Lipinski definition) is 0. The van der Waals surface area contributed by atoms with Gasteiger partial charge in [0.15, 0.2) is 16.9 Å². The maximum absolute atomic E-state index is 4.59. The summed E-state index contributed by atoms with van der Waals surface area (Å²) in [4.78, 5) is 10.1. The number of thiazole rings is 1. The molecule has 0 spiro atoms. The number of rotatable bonds is 0. The molecule has 5 heterocycles. The number of pyridine rings is 2. The van der Waals surface area contributed by atoms with E-state index >= 15 is 0 Å². The summed E-state index contributed by atoms with van der Waals surface area (Å²) in [6.45, 7) is 0.920. The first-order valence-corrected chi connectivity index (χ1v) is 7.35. The Kier molecular flexibility index (Phi) is 1.80. The molecule has 0 atom stereocenters. The molecule has 4 aromatic rings. The molecule has 1 aliphatic heterocycles. The number of aromatic nitrogens is 4. The molecule has 5 heteroatoms. The van der Waals surface area contributed by atoms with Crippen LogP contribution < -0.4 is 4.57 Å². The van der Waals surface area contributed by atoms with Gasteiger partial charge >= 0.3 is 0 Å². The van der Waals surface area contributed by atoms with E-state index in [1.54, 1.807) is 0 Å². The number of hydrogen-bond acceptors (Lipinski definition) is 3. The van der Waals surface area contributed by atoms with Crippen molar-refractivity contribution in [3.05, 3.63) is 42.4 Å². The first kappa shape index (κ1) is 10.5. The zero-order valence-corrected chi connectivity index (χ0v) is 11.7. The Bertz CT molecular complexity index is 996. The van der Waals surface area contributed by atoms with Crippen molar-refractivity contribution >= 4 is 32.7 Å². The average molecular weight is 279 g/mol. The van der Waals surface area contributed by atoms with Crippen LogP contribution in [0.4, 0.5) is 0 Å². The Morgan fingerprint density at radius 1 is 1.30 bits per heavy atom. The molecule has 0 radical (unpaired) electrons. The van der Waals surface area contributed by atoms with Crippen molar-refractivity contribution in [1.82, 2.24) is 14.5 Å². The van der Waals surface area contributed by atoms with Gasteiger partial charge in [-0.25, -0.2) is 4.98 Å². The summed E-state index contributed by atoms with van der Waals surface area (Å²) in [5, 5.41) is 1.29. The molecule has 0 amide bonds. The molecule has 0 N–H and O–H groups in total. The summed E-state index contributed by atoms with van der Waals surface area (Å²) in [7, 11) is 2.11. The van der Waals surface area contributed by atoms with E-state index < -0.39 is 0 Å². The number of nitrogens with zero attached hydrogens (tertiary/aromatic N) is 4. The van der Waals surface area contributed by atoms with Gasteiger partial charge in [-0.1, -0.05) is 0 Å². The third kappa shape index (κ3) is 1.10. The van der Waals surface area contributed by atoms with Gasteiger partial charge in [-0.2, -0.15) is 4.57 Å². The second-order valence-corrected chi connectivity index (χ2v) is 6.09. The van der Waals surface area contributed by atoms with E-state index in [4.69, 9.17) is 0 Å². The maximum Gasteiger partial charge on any atom is 0.274 e. The van der Waals surface area contributed by atoms with Crippen LogP contribution in [0.3, 0.4) is 0 Å². The summed E-state index contributed by atoms with van der Waals surface area (Å²) in [6, 6.07) is 6.24. The van der Waals surface area contributed by atoms with Gasteiger partial charge < -0.3 is 4.57 Å². The van der Waals surface area contributed by atoms with Gasteiger partial charge in [0.1, 0.15) is 0 Å². The Hall–Kier alpha value is -2.27. The topological polar surface area (TPSA) is 34.6 Å². The van der Waals surface area contributed by atoms with Crippen molar-refractivity contribution in [3.63, 3.8) is 0 Å². The van der Waals surface area contributed by atoms with Gasteiger partial charge in [-0.05, 0) is 29.5 Å². The van der Waals surface area contributed by atoms with E-state index in [1.807, 2.05) is 36.0 Å². The van der Waals surface area contributed by atoms with E-state index in [9.17, 15) is 0 Å². The fourth-order valence-electron chi connectivity index (χ4n) is 3.10. The van der Waals surface area contributed by atoms with E-state index in [0.717, 1.165) is 12.1 Å². The standard InChI is InChI=1S/C15H11N4S/c1-18-11-3-2-5-17-12(11)13-15(18)20-14-10-7-16-6-4-9(10)8-19(13)14/h2-7H,8H2,1H3/q+1. The van der Waals surface area contributed by atoms with Gasteiger partial charge in [0.2, 0.25) is 0 Å². The molecule has 0 saturated heterocycles. The minimum Gasteiger partial charge on any atom is -0.329 e. The molecule has 4 aromatic heterocycles. The molecule has 0 fully saturated rings. The SMILES string of the molecule is Cn1c2cccnc2c2c1sc1[n+]2Cc2ccncc2-1. The highest BCUT2D eigenvalue weighted by atomic mass is 32.1. The maximum atomic E-state index is 4.59. The molecule has 0 bridgehead atoms. The van der Waals surface area contributed by atoms with Crippen LogP contribution in [-0.4, -0.2) is 14.5 Å². The zero-order chi connectivity index (χ0) is 13.3. The van der Waals surface area contributed by atoms with Crippen molar-refractivity contribution in [3.8, 4) is 10.6 Å². The lowest BCUT2D eigenvalue weighted by Gasteiger charge is -1.93. The molecule has 0 unspecified atom stereocenters. The largest absolute Gasteiger partial charge is 0.329 e. The lowest BCUT2D eigenvalue weighted by Crippen LogP contribution is -2.30. The molecular weight excluding hydrogens is 268 g/mol. The van der Waals surface area contributed by atoms with Crippen LogP contribution in [0.5, 0.6) is 0 Å². The van der Waals surface area contributed by atoms with E-state index in [0.29, 0.717) is 0 Å². The lowest BCUT2D eigenvalue weighted by atomic mass is 10.2. The summed E-state index contributed by atoms with van der Waals surface area (Å²) in [6.07, 6.45) is 5.71. The first-order valence-electron chi connectivity index (χ1n) is 6.53. The van der Waals surface area contributed by atoms with Gasteiger partial charge in [0.25, 0.3) is 10.5 Å². The zero-order valence-electron chi connectivity index (χ0n) is 10.9. The smallest absolute Gasteiger partial charge is 0.274 e. The van der Waals surface area contributed by atoms with Gasteiger partial charge in [-0.15, -0.1) is 0 Å². The monoisotopic (exact) mass is 279 g/mol. The van der Waals surface area contributed by atoms with E-state index in [2.05, 4.69) is 38.3 Å². The molecule has 20 heavy (non-hydrogen) atoms. The second kappa shape index (κ2) is 3.43. The predicted molar refractivity (Wildman–Crippen MR) is 78.6 cm³/mol.